The molecule has 0 aromatic carbocycles. The first-order valence-corrected chi connectivity index (χ1v) is 8.87. The minimum atomic E-state index is -0.234. The molecular weight excluding hydrogens is 278 g/mol. The molecule has 0 bridgehead atoms. The van der Waals surface area contributed by atoms with Crippen molar-refractivity contribution in [2.45, 2.75) is 58.1 Å². The Morgan fingerprint density at radius 2 is 2.14 bits per heavy atom. The summed E-state index contributed by atoms with van der Waals surface area (Å²) < 4.78 is 0. The van der Waals surface area contributed by atoms with E-state index >= 15 is 0 Å². The summed E-state index contributed by atoms with van der Waals surface area (Å²) in [4.78, 5) is 16.5. The molecule has 1 saturated heterocycles. The lowest BCUT2D eigenvalue weighted by Crippen LogP contribution is -2.49. The maximum atomic E-state index is 12.3. The van der Waals surface area contributed by atoms with Crippen LogP contribution in [-0.4, -0.2) is 66.3 Å². The van der Waals surface area contributed by atoms with Gasteiger partial charge in [0.05, 0.1) is 6.10 Å². The summed E-state index contributed by atoms with van der Waals surface area (Å²) >= 11 is 0. The van der Waals surface area contributed by atoms with Crippen molar-refractivity contribution in [2.24, 2.45) is 11.8 Å². The molecule has 5 heteroatoms. The second-order valence-corrected chi connectivity index (χ2v) is 7.50. The Labute approximate surface area is 135 Å². The first-order valence-electron chi connectivity index (χ1n) is 8.87. The summed E-state index contributed by atoms with van der Waals surface area (Å²) in [5.41, 5.74) is 0. The molecular formula is C17H33N3O2. The number of rotatable bonds is 5. The zero-order chi connectivity index (χ0) is 16.1. The predicted octanol–water partition coefficient (Wildman–Crippen LogP) is 1.91. The molecule has 4 atom stereocenters. The zero-order valence-corrected chi connectivity index (χ0v) is 14.4. The van der Waals surface area contributed by atoms with Crippen molar-refractivity contribution in [3.8, 4) is 0 Å². The van der Waals surface area contributed by atoms with E-state index in [1.165, 1.54) is 12.8 Å². The van der Waals surface area contributed by atoms with Crippen molar-refractivity contribution < 1.29 is 9.90 Å². The molecule has 2 aliphatic rings. The third-order valence-electron chi connectivity index (χ3n) is 5.12. The molecule has 4 unspecified atom stereocenters. The molecule has 2 N–H and O–H groups in total. The summed E-state index contributed by atoms with van der Waals surface area (Å²) in [7, 11) is 1.83. The highest BCUT2D eigenvalue weighted by Gasteiger charge is 2.28. The normalized spacial score (nSPS) is 31.0. The second-order valence-electron chi connectivity index (χ2n) is 7.50. The fourth-order valence-corrected chi connectivity index (χ4v) is 3.87. The summed E-state index contributed by atoms with van der Waals surface area (Å²) in [6, 6.07) is 0.144. The van der Waals surface area contributed by atoms with Gasteiger partial charge in [0.1, 0.15) is 0 Å². The number of nitrogens with one attached hydrogen (secondary N) is 1. The monoisotopic (exact) mass is 311 g/mol. The van der Waals surface area contributed by atoms with Crippen molar-refractivity contribution in [3.63, 3.8) is 0 Å². The largest absolute Gasteiger partial charge is 0.393 e. The van der Waals surface area contributed by atoms with Gasteiger partial charge in [0.25, 0.3) is 0 Å². The molecule has 128 valence electrons. The average Bonchev–Trinajstić information content (AvgIpc) is 2.84. The van der Waals surface area contributed by atoms with E-state index in [2.05, 4.69) is 24.1 Å². The van der Waals surface area contributed by atoms with Gasteiger partial charge in [0, 0.05) is 38.6 Å². The van der Waals surface area contributed by atoms with Crippen molar-refractivity contribution in [2.75, 3.05) is 33.2 Å². The van der Waals surface area contributed by atoms with Gasteiger partial charge in [0.2, 0.25) is 0 Å². The molecule has 1 aliphatic carbocycles. The average molecular weight is 311 g/mol. The molecule has 22 heavy (non-hydrogen) atoms. The number of hydrogen-bond acceptors (Lipinski definition) is 3. The summed E-state index contributed by atoms with van der Waals surface area (Å²) in [6.45, 7) is 8.25. The Morgan fingerprint density at radius 1 is 1.36 bits per heavy atom. The number of piperidine rings is 1. The smallest absolute Gasteiger partial charge is 0.317 e. The number of likely N-dealkylation sites (tertiary alicyclic amines) is 1. The number of hydrogen-bond donors (Lipinski definition) is 2. The van der Waals surface area contributed by atoms with Crippen LogP contribution in [0.1, 0.15) is 46.0 Å². The molecule has 0 radical (unpaired) electrons. The van der Waals surface area contributed by atoms with Crippen LogP contribution in [0.25, 0.3) is 0 Å². The van der Waals surface area contributed by atoms with Gasteiger partial charge in [-0.3, -0.25) is 0 Å². The van der Waals surface area contributed by atoms with Gasteiger partial charge >= 0.3 is 6.03 Å². The summed E-state index contributed by atoms with van der Waals surface area (Å²) in [6.07, 6.45) is 5.34. The lowest BCUT2D eigenvalue weighted by molar-refractivity contribution is 0.112. The highest BCUT2D eigenvalue weighted by atomic mass is 16.3. The first-order chi connectivity index (χ1) is 10.5. The van der Waals surface area contributed by atoms with Crippen LogP contribution in [-0.2, 0) is 0 Å². The van der Waals surface area contributed by atoms with Crippen molar-refractivity contribution in [1.82, 2.24) is 15.1 Å². The number of nitrogens with zero attached hydrogens (tertiary/aromatic N) is 2. The van der Waals surface area contributed by atoms with E-state index in [4.69, 9.17) is 0 Å². The van der Waals surface area contributed by atoms with Crippen LogP contribution in [0.15, 0.2) is 0 Å². The fraction of sp³-hybridized carbons (Fsp3) is 0.941. The highest BCUT2D eigenvalue weighted by Crippen LogP contribution is 2.26. The topological polar surface area (TPSA) is 55.8 Å². The molecule has 2 rings (SSSR count). The quantitative estimate of drug-likeness (QED) is 0.815. The van der Waals surface area contributed by atoms with Gasteiger partial charge in [-0.2, -0.15) is 0 Å². The van der Waals surface area contributed by atoms with E-state index in [1.807, 2.05) is 7.05 Å². The Balaban J connectivity index is 1.70. The van der Waals surface area contributed by atoms with Crippen LogP contribution < -0.4 is 5.32 Å². The van der Waals surface area contributed by atoms with E-state index in [1.54, 1.807) is 4.90 Å². The van der Waals surface area contributed by atoms with Gasteiger partial charge in [-0.25, -0.2) is 4.79 Å². The van der Waals surface area contributed by atoms with Gasteiger partial charge in [0.15, 0.2) is 0 Å². The number of aliphatic hydroxyl groups excluding tert-OH is 1. The fourth-order valence-electron chi connectivity index (χ4n) is 3.87. The molecule has 0 aromatic rings. The van der Waals surface area contributed by atoms with Crippen LogP contribution in [0, 0.1) is 11.8 Å². The molecule has 1 saturated carbocycles. The number of carbonyl (C=O) groups is 1. The molecule has 2 amide bonds. The van der Waals surface area contributed by atoms with E-state index in [-0.39, 0.29) is 24.1 Å². The third kappa shape index (κ3) is 5.13. The molecule has 0 spiro atoms. The minimum Gasteiger partial charge on any atom is -0.393 e. The van der Waals surface area contributed by atoms with E-state index in [0.29, 0.717) is 6.54 Å². The maximum Gasteiger partial charge on any atom is 0.317 e. The van der Waals surface area contributed by atoms with Crippen LogP contribution in [0.2, 0.25) is 0 Å². The molecule has 0 aromatic heterocycles. The maximum absolute atomic E-state index is 12.3. The van der Waals surface area contributed by atoms with Gasteiger partial charge < -0.3 is 20.2 Å². The molecule has 1 heterocycles. The molecule has 2 fully saturated rings. The van der Waals surface area contributed by atoms with Gasteiger partial charge in [-0.05, 0) is 45.1 Å². The Kier molecular flexibility index (Phi) is 6.50. The van der Waals surface area contributed by atoms with Crippen molar-refractivity contribution in [1.29, 1.82) is 0 Å². The standard InChI is InChI=1S/C17H33N3O2/c1-13-6-5-9-20(10-13)11-14(2)18-17(22)19(3)12-15-7-4-8-16(15)21/h13-16,21H,4-12H2,1-3H3,(H,18,22). The predicted molar refractivity (Wildman–Crippen MR) is 88.8 cm³/mol. The van der Waals surface area contributed by atoms with Crippen LogP contribution in [0.4, 0.5) is 4.79 Å². The number of aliphatic hydroxyl groups is 1. The number of amides is 2. The van der Waals surface area contributed by atoms with E-state index in [9.17, 15) is 9.90 Å². The zero-order valence-electron chi connectivity index (χ0n) is 14.4. The Hall–Kier alpha value is -0.810. The number of carbonyl (C=O) groups excluding carboxylic acids is 1. The molecule has 1 aliphatic heterocycles. The van der Waals surface area contributed by atoms with Crippen molar-refractivity contribution >= 4 is 6.03 Å². The first kappa shape index (κ1) is 17.5. The second kappa shape index (κ2) is 8.16. The summed E-state index contributed by atoms with van der Waals surface area (Å²) in [5, 5.41) is 13.0. The van der Waals surface area contributed by atoms with Gasteiger partial charge in [-0.15, -0.1) is 0 Å². The van der Waals surface area contributed by atoms with E-state index < -0.39 is 0 Å². The lowest BCUT2D eigenvalue weighted by atomic mass is 10.00. The van der Waals surface area contributed by atoms with Crippen LogP contribution in [0.5, 0.6) is 0 Å². The van der Waals surface area contributed by atoms with E-state index in [0.717, 1.165) is 44.8 Å². The lowest BCUT2D eigenvalue weighted by Gasteiger charge is -2.33. The number of urea groups is 1. The van der Waals surface area contributed by atoms with Crippen LogP contribution >= 0.6 is 0 Å². The van der Waals surface area contributed by atoms with Crippen LogP contribution in [0.3, 0.4) is 0 Å². The van der Waals surface area contributed by atoms with Crippen molar-refractivity contribution in [3.05, 3.63) is 0 Å². The Bertz CT molecular complexity index is 364. The third-order valence-corrected chi connectivity index (χ3v) is 5.12. The minimum absolute atomic E-state index is 0.0170. The van der Waals surface area contributed by atoms with Gasteiger partial charge in [-0.1, -0.05) is 13.3 Å². The highest BCUT2D eigenvalue weighted by molar-refractivity contribution is 5.74. The SMILES string of the molecule is CC1CCCN(CC(C)NC(=O)N(C)CC2CCCC2O)C1. The molecule has 5 nitrogen and oxygen atoms in total. The summed E-state index contributed by atoms with van der Waals surface area (Å²) in [5.74, 6) is 1.01. The Morgan fingerprint density at radius 3 is 2.77 bits per heavy atom.